The highest BCUT2D eigenvalue weighted by molar-refractivity contribution is 5.91. The van der Waals surface area contributed by atoms with Crippen molar-refractivity contribution in [1.29, 1.82) is 0 Å². The Balaban J connectivity index is 2.05. The lowest BCUT2D eigenvalue weighted by Gasteiger charge is -2.21. The lowest BCUT2D eigenvalue weighted by molar-refractivity contribution is 0.0909. The SMILES string of the molecule is Cc1cccc2c(N3CCC(F)(CO)C3)ncnc12. The molecule has 0 saturated carbocycles. The van der Waals surface area contributed by atoms with Crippen LogP contribution in [0.25, 0.3) is 10.9 Å². The summed E-state index contributed by atoms with van der Waals surface area (Å²) in [5.41, 5.74) is 0.461. The number of alkyl halides is 1. The van der Waals surface area contributed by atoms with Crippen LogP contribution in [0.2, 0.25) is 0 Å². The predicted molar refractivity (Wildman–Crippen MR) is 72.0 cm³/mol. The van der Waals surface area contributed by atoms with Crippen molar-refractivity contribution in [2.45, 2.75) is 19.0 Å². The summed E-state index contributed by atoms with van der Waals surface area (Å²) in [4.78, 5) is 10.5. The highest BCUT2D eigenvalue weighted by atomic mass is 19.1. The molecule has 1 atom stereocenters. The number of aryl methyl sites for hydroxylation is 1. The molecule has 0 aliphatic carbocycles. The van der Waals surface area contributed by atoms with Gasteiger partial charge in [0.1, 0.15) is 12.1 Å². The molecular weight excluding hydrogens is 245 g/mol. The highest BCUT2D eigenvalue weighted by Gasteiger charge is 2.38. The van der Waals surface area contributed by atoms with E-state index in [1.165, 1.54) is 6.33 Å². The molecule has 2 aromatic rings. The molecule has 1 unspecified atom stereocenters. The molecular formula is C14H16FN3O. The molecule has 5 heteroatoms. The van der Waals surface area contributed by atoms with Crippen LogP contribution in [0.15, 0.2) is 24.5 Å². The minimum atomic E-state index is -1.51. The molecule has 1 saturated heterocycles. The van der Waals surface area contributed by atoms with Gasteiger partial charge in [0.25, 0.3) is 0 Å². The summed E-state index contributed by atoms with van der Waals surface area (Å²) in [6.07, 6.45) is 1.85. The molecule has 1 fully saturated rings. The van der Waals surface area contributed by atoms with E-state index in [4.69, 9.17) is 5.11 Å². The number of benzene rings is 1. The smallest absolute Gasteiger partial charge is 0.152 e. The van der Waals surface area contributed by atoms with E-state index in [0.717, 1.165) is 22.3 Å². The van der Waals surface area contributed by atoms with Crippen LogP contribution in [0.4, 0.5) is 10.2 Å². The van der Waals surface area contributed by atoms with Crippen LogP contribution in [0.5, 0.6) is 0 Å². The number of hydrogen-bond donors (Lipinski definition) is 1. The number of hydrogen-bond acceptors (Lipinski definition) is 4. The number of halogens is 1. The Kier molecular flexibility index (Phi) is 2.86. The van der Waals surface area contributed by atoms with Gasteiger partial charge in [-0.3, -0.25) is 0 Å². The van der Waals surface area contributed by atoms with Crippen molar-refractivity contribution in [3.63, 3.8) is 0 Å². The van der Waals surface area contributed by atoms with Gasteiger partial charge in [-0.05, 0) is 18.6 Å². The van der Waals surface area contributed by atoms with Gasteiger partial charge in [0.05, 0.1) is 18.7 Å². The van der Waals surface area contributed by atoms with Gasteiger partial charge in [0, 0.05) is 18.4 Å². The van der Waals surface area contributed by atoms with Crippen LogP contribution in [0.1, 0.15) is 12.0 Å². The first-order valence-corrected chi connectivity index (χ1v) is 6.38. The molecule has 0 amide bonds. The number of para-hydroxylation sites is 1. The van der Waals surface area contributed by atoms with Crippen LogP contribution in [0, 0.1) is 6.92 Å². The fourth-order valence-electron chi connectivity index (χ4n) is 2.62. The number of rotatable bonds is 2. The molecule has 3 rings (SSSR count). The summed E-state index contributed by atoms with van der Waals surface area (Å²) in [5, 5.41) is 10.0. The Bertz CT molecular complexity index is 619. The zero-order valence-corrected chi connectivity index (χ0v) is 10.8. The minimum absolute atomic E-state index is 0.184. The lowest BCUT2D eigenvalue weighted by atomic mass is 10.1. The Morgan fingerprint density at radius 2 is 2.26 bits per heavy atom. The quantitative estimate of drug-likeness (QED) is 0.896. The largest absolute Gasteiger partial charge is 0.393 e. The number of fused-ring (bicyclic) bond motifs is 1. The van der Waals surface area contributed by atoms with Crippen molar-refractivity contribution in [3.8, 4) is 0 Å². The molecule has 1 N–H and O–H groups in total. The summed E-state index contributed by atoms with van der Waals surface area (Å²) in [6, 6.07) is 5.90. The normalized spacial score (nSPS) is 23.2. The predicted octanol–water partition coefficient (Wildman–Crippen LogP) is 1.85. The van der Waals surface area contributed by atoms with Gasteiger partial charge < -0.3 is 10.0 Å². The van der Waals surface area contributed by atoms with E-state index in [0.29, 0.717) is 13.0 Å². The number of aliphatic hydroxyl groups excluding tert-OH is 1. The topological polar surface area (TPSA) is 49.2 Å². The highest BCUT2D eigenvalue weighted by Crippen LogP contribution is 2.32. The van der Waals surface area contributed by atoms with Crippen LogP contribution in [0.3, 0.4) is 0 Å². The molecule has 1 aliphatic rings. The summed E-state index contributed by atoms with van der Waals surface area (Å²) >= 11 is 0. The average Bonchev–Trinajstić information content (AvgIpc) is 2.82. The fourth-order valence-corrected chi connectivity index (χ4v) is 2.62. The first-order valence-electron chi connectivity index (χ1n) is 6.38. The molecule has 0 spiro atoms. The molecule has 0 bridgehead atoms. The van der Waals surface area contributed by atoms with Crippen molar-refractivity contribution in [2.24, 2.45) is 0 Å². The van der Waals surface area contributed by atoms with E-state index < -0.39 is 12.3 Å². The van der Waals surface area contributed by atoms with E-state index in [1.54, 1.807) is 0 Å². The van der Waals surface area contributed by atoms with E-state index in [1.807, 2.05) is 30.0 Å². The minimum Gasteiger partial charge on any atom is -0.393 e. The molecule has 0 radical (unpaired) electrons. The van der Waals surface area contributed by atoms with Crippen molar-refractivity contribution < 1.29 is 9.50 Å². The van der Waals surface area contributed by atoms with Crippen LogP contribution in [-0.4, -0.2) is 40.4 Å². The molecule has 2 heterocycles. The van der Waals surface area contributed by atoms with Crippen LogP contribution < -0.4 is 4.90 Å². The van der Waals surface area contributed by atoms with E-state index in [9.17, 15) is 4.39 Å². The summed E-state index contributed by atoms with van der Waals surface area (Å²) in [5.74, 6) is 0.752. The Morgan fingerprint density at radius 3 is 3.00 bits per heavy atom. The Labute approximate surface area is 110 Å². The van der Waals surface area contributed by atoms with E-state index >= 15 is 0 Å². The zero-order chi connectivity index (χ0) is 13.5. The maximum Gasteiger partial charge on any atom is 0.152 e. The second-order valence-electron chi connectivity index (χ2n) is 5.15. The summed E-state index contributed by atoms with van der Waals surface area (Å²) < 4.78 is 14.1. The monoisotopic (exact) mass is 261 g/mol. The van der Waals surface area contributed by atoms with Gasteiger partial charge in [-0.15, -0.1) is 0 Å². The average molecular weight is 261 g/mol. The molecule has 100 valence electrons. The van der Waals surface area contributed by atoms with Gasteiger partial charge in [-0.1, -0.05) is 12.1 Å². The van der Waals surface area contributed by atoms with Gasteiger partial charge in [0.15, 0.2) is 5.67 Å². The number of aliphatic hydroxyl groups is 1. The van der Waals surface area contributed by atoms with Crippen molar-refractivity contribution in [1.82, 2.24) is 9.97 Å². The first kappa shape index (κ1) is 12.3. The number of nitrogens with zero attached hydrogens (tertiary/aromatic N) is 3. The third-order valence-corrected chi connectivity index (χ3v) is 3.73. The lowest BCUT2D eigenvalue weighted by Crippen LogP contribution is -2.32. The maximum atomic E-state index is 14.1. The second-order valence-corrected chi connectivity index (χ2v) is 5.15. The zero-order valence-electron chi connectivity index (χ0n) is 10.8. The number of anilines is 1. The standard InChI is InChI=1S/C14H16FN3O/c1-10-3-2-4-11-12(10)16-9-17-13(11)18-6-5-14(15,7-18)8-19/h2-4,9,19H,5-8H2,1H3. The van der Waals surface area contributed by atoms with Crippen molar-refractivity contribution in [3.05, 3.63) is 30.1 Å². The molecule has 1 aliphatic heterocycles. The Morgan fingerprint density at radius 1 is 1.42 bits per heavy atom. The fraction of sp³-hybridized carbons (Fsp3) is 0.429. The van der Waals surface area contributed by atoms with Crippen LogP contribution in [-0.2, 0) is 0 Å². The van der Waals surface area contributed by atoms with Gasteiger partial charge in [-0.25, -0.2) is 14.4 Å². The van der Waals surface area contributed by atoms with Gasteiger partial charge in [-0.2, -0.15) is 0 Å². The van der Waals surface area contributed by atoms with E-state index in [-0.39, 0.29) is 6.54 Å². The van der Waals surface area contributed by atoms with Crippen LogP contribution >= 0.6 is 0 Å². The summed E-state index contributed by atoms with van der Waals surface area (Å²) in [7, 11) is 0. The second kappa shape index (κ2) is 4.42. The first-order chi connectivity index (χ1) is 9.13. The molecule has 1 aromatic heterocycles. The molecule has 1 aromatic carbocycles. The molecule has 19 heavy (non-hydrogen) atoms. The number of aromatic nitrogens is 2. The summed E-state index contributed by atoms with van der Waals surface area (Å²) in [6.45, 7) is 2.31. The maximum absolute atomic E-state index is 14.1. The van der Waals surface area contributed by atoms with Gasteiger partial charge in [0.2, 0.25) is 0 Å². The molecule has 4 nitrogen and oxygen atoms in total. The van der Waals surface area contributed by atoms with Crippen molar-refractivity contribution >= 4 is 16.7 Å². The van der Waals surface area contributed by atoms with E-state index in [2.05, 4.69) is 9.97 Å². The third kappa shape index (κ3) is 2.04. The van der Waals surface area contributed by atoms with Gasteiger partial charge >= 0.3 is 0 Å². The third-order valence-electron chi connectivity index (χ3n) is 3.73. The Hall–Kier alpha value is -1.75. The van der Waals surface area contributed by atoms with Crippen molar-refractivity contribution in [2.75, 3.05) is 24.6 Å².